The first-order valence-corrected chi connectivity index (χ1v) is 12.1. The fraction of sp³-hybridized carbons (Fsp3) is 0.421. The smallest absolute Gasteiger partial charge is 0.241 e. The van der Waals surface area contributed by atoms with Crippen LogP contribution in [0.4, 0.5) is 5.69 Å². The van der Waals surface area contributed by atoms with Crippen molar-refractivity contribution in [2.75, 3.05) is 11.4 Å². The number of anilines is 1. The number of thiophene rings is 1. The van der Waals surface area contributed by atoms with Gasteiger partial charge in [-0.05, 0) is 35.6 Å². The number of benzene rings is 1. The Hall–Kier alpha value is -1.35. The van der Waals surface area contributed by atoms with Crippen molar-refractivity contribution in [1.29, 1.82) is 0 Å². The molecule has 2 aromatic rings. The molecule has 0 saturated heterocycles. The van der Waals surface area contributed by atoms with E-state index in [9.17, 15) is 13.2 Å². The van der Waals surface area contributed by atoms with Crippen LogP contribution in [0.3, 0.4) is 0 Å². The zero-order valence-corrected chi connectivity index (χ0v) is 18.2. The molecular weight excluding hydrogens is 400 g/mol. The maximum absolute atomic E-state index is 13.1. The number of amides is 1. The Morgan fingerprint density at radius 1 is 1.30 bits per heavy atom. The summed E-state index contributed by atoms with van der Waals surface area (Å²) >= 11 is 3.20. The van der Waals surface area contributed by atoms with E-state index >= 15 is 0 Å². The maximum atomic E-state index is 13.1. The Morgan fingerprint density at radius 2 is 2.04 bits per heavy atom. The van der Waals surface area contributed by atoms with Crippen LogP contribution in [-0.4, -0.2) is 26.1 Å². The quantitative estimate of drug-likeness (QED) is 0.778. The van der Waals surface area contributed by atoms with E-state index in [0.29, 0.717) is 12.2 Å². The molecule has 1 aliphatic heterocycles. The topological polar surface area (TPSA) is 66.5 Å². The second kappa shape index (κ2) is 7.95. The number of hydrogen-bond acceptors (Lipinski definition) is 5. The molecule has 0 spiro atoms. The molecule has 0 fully saturated rings. The van der Waals surface area contributed by atoms with Gasteiger partial charge in [0.1, 0.15) is 0 Å². The molecule has 0 radical (unpaired) electrons. The predicted molar refractivity (Wildman–Crippen MR) is 112 cm³/mol. The maximum Gasteiger partial charge on any atom is 0.241 e. The van der Waals surface area contributed by atoms with Gasteiger partial charge in [-0.15, -0.1) is 23.1 Å². The lowest BCUT2D eigenvalue weighted by atomic mass is 10.0. The monoisotopic (exact) mass is 424 g/mol. The second-order valence-corrected chi connectivity index (χ2v) is 11.2. The Labute approximate surface area is 169 Å². The van der Waals surface area contributed by atoms with Crippen molar-refractivity contribution in [1.82, 2.24) is 4.72 Å². The van der Waals surface area contributed by atoms with Crippen molar-refractivity contribution < 1.29 is 13.2 Å². The molecule has 0 saturated carbocycles. The van der Waals surface area contributed by atoms with Crippen LogP contribution in [-0.2, 0) is 14.8 Å². The highest BCUT2D eigenvalue weighted by atomic mass is 32.2. The molecule has 5 nitrogen and oxygen atoms in total. The zero-order chi connectivity index (χ0) is 19.8. The standard InChI is InChI=1S/C19H24N2O3S3/c1-12(2)19(18-6-5-9-25-18)20-27(23,24)15-7-8-17-16(10-15)21(14(4)22)11-13(3)26-17/h5-10,12-13,19-20H,11H2,1-4H3/t13-,19+/m0/s1. The predicted octanol–water partition coefficient (Wildman–Crippen LogP) is 4.27. The summed E-state index contributed by atoms with van der Waals surface area (Å²) in [6.45, 7) is 8.14. The third-order valence-electron chi connectivity index (χ3n) is 4.48. The van der Waals surface area contributed by atoms with Gasteiger partial charge in [0.15, 0.2) is 0 Å². The van der Waals surface area contributed by atoms with E-state index in [4.69, 9.17) is 0 Å². The molecule has 1 aromatic heterocycles. The van der Waals surface area contributed by atoms with E-state index in [-0.39, 0.29) is 28.0 Å². The minimum Gasteiger partial charge on any atom is -0.310 e. The molecule has 2 heterocycles. The second-order valence-electron chi connectivity index (χ2n) is 7.05. The minimum atomic E-state index is -3.72. The van der Waals surface area contributed by atoms with Gasteiger partial charge in [-0.2, -0.15) is 0 Å². The molecular formula is C19H24N2O3S3. The summed E-state index contributed by atoms with van der Waals surface area (Å²) in [5, 5.41) is 2.22. The van der Waals surface area contributed by atoms with Crippen LogP contribution >= 0.6 is 23.1 Å². The van der Waals surface area contributed by atoms with Gasteiger partial charge < -0.3 is 4.90 Å². The molecule has 0 unspecified atom stereocenters. The Morgan fingerprint density at radius 3 is 2.63 bits per heavy atom. The number of fused-ring (bicyclic) bond motifs is 1. The zero-order valence-electron chi connectivity index (χ0n) is 15.8. The van der Waals surface area contributed by atoms with Crippen LogP contribution in [0, 0.1) is 5.92 Å². The number of hydrogen-bond donors (Lipinski definition) is 1. The Balaban J connectivity index is 1.96. The molecule has 0 bridgehead atoms. The SMILES string of the molecule is CC(=O)N1C[C@H](C)Sc2ccc(S(=O)(=O)N[C@@H](c3cccs3)C(C)C)cc21. The number of carbonyl (C=O) groups is 1. The fourth-order valence-corrected chi connectivity index (χ4v) is 6.61. The van der Waals surface area contributed by atoms with Crippen LogP contribution in [0.2, 0.25) is 0 Å². The lowest BCUT2D eigenvalue weighted by molar-refractivity contribution is -0.116. The van der Waals surface area contributed by atoms with Gasteiger partial charge in [-0.1, -0.05) is 26.8 Å². The van der Waals surface area contributed by atoms with Gasteiger partial charge in [0.2, 0.25) is 15.9 Å². The van der Waals surface area contributed by atoms with Crippen molar-refractivity contribution in [3.63, 3.8) is 0 Å². The van der Waals surface area contributed by atoms with E-state index in [1.165, 1.54) is 18.3 Å². The molecule has 1 N–H and O–H groups in total. The van der Waals surface area contributed by atoms with E-state index in [0.717, 1.165) is 9.77 Å². The van der Waals surface area contributed by atoms with Crippen molar-refractivity contribution >= 4 is 44.7 Å². The van der Waals surface area contributed by atoms with Crippen molar-refractivity contribution in [2.45, 2.75) is 48.8 Å². The summed E-state index contributed by atoms with van der Waals surface area (Å²) in [7, 11) is -3.72. The summed E-state index contributed by atoms with van der Waals surface area (Å²) < 4.78 is 28.9. The van der Waals surface area contributed by atoms with Gasteiger partial charge >= 0.3 is 0 Å². The van der Waals surface area contributed by atoms with Gasteiger partial charge in [0.05, 0.1) is 16.6 Å². The lowest BCUT2D eigenvalue weighted by Gasteiger charge is -2.32. The van der Waals surface area contributed by atoms with Gasteiger partial charge in [0, 0.05) is 28.5 Å². The molecule has 146 valence electrons. The number of rotatable bonds is 5. The molecule has 1 amide bonds. The highest BCUT2D eigenvalue weighted by Gasteiger charge is 2.29. The first-order valence-electron chi connectivity index (χ1n) is 8.83. The van der Waals surface area contributed by atoms with Crippen molar-refractivity contribution in [2.24, 2.45) is 5.92 Å². The number of carbonyl (C=O) groups excluding carboxylic acids is 1. The first kappa shape index (κ1) is 20.4. The Kier molecular flexibility index (Phi) is 6.00. The summed E-state index contributed by atoms with van der Waals surface area (Å²) in [5.41, 5.74) is 0.672. The number of sulfonamides is 1. The molecule has 3 rings (SSSR count). The highest BCUT2D eigenvalue weighted by molar-refractivity contribution is 8.00. The largest absolute Gasteiger partial charge is 0.310 e. The van der Waals surface area contributed by atoms with Gasteiger partial charge in [-0.3, -0.25) is 4.79 Å². The third-order valence-corrected chi connectivity index (χ3v) is 8.02. The summed E-state index contributed by atoms with van der Waals surface area (Å²) in [4.78, 5) is 15.8. The van der Waals surface area contributed by atoms with Crippen LogP contribution in [0.5, 0.6) is 0 Å². The van der Waals surface area contributed by atoms with Crippen LogP contribution in [0.15, 0.2) is 45.5 Å². The molecule has 8 heteroatoms. The number of nitrogens with zero attached hydrogens (tertiary/aromatic N) is 1. The van der Waals surface area contributed by atoms with Gasteiger partial charge in [-0.25, -0.2) is 13.1 Å². The molecule has 1 aromatic carbocycles. The van der Waals surface area contributed by atoms with Gasteiger partial charge in [0.25, 0.3) is 0 Å². The van der Waals surface area contributed by atoms with Crippen LogP contribution in [0.1, 0.15) is 38.6 Å². The third kappa shape index (κ3) is 4.39. The van der Waals surface area contributed by atoms with E-state index in [1.807, 2.05) is 31.4 Å². The molecule has 0 aliphatic carbocycles. The van der Waals surface area contributed by atoms with Crippen LogP contribution in [0.25, 0.3) is 0 Å². The minimum absolute atomic E-state index is 0.0791. The van der Waals surface area contributed by atoms with E-state index in [1.54, 1.807) is 34.9 Å². The molecule has 2 atom stereocenters. The van der Waals surface area contributed by atoms with Crippen molar-refractivity contribution in [3.8, 4) is 0 Å². The average Bonchev–Trinajstić information content (AvgIpc) is 3.12. The van der Waals surface area contributed by atoms with Crippen LogP contribution < -0.4 is 9.62 Å². The fourth-order valence-electron chi connectivity index (χ4n) is 3.11. The summed E-state index contributed by atoms with van der Waals surface area (Å²) in [6, 6.07) is 8.62. The summed E-state index contributed by atoms with van der Waals surface area (Å²) in [6.07, 6.45) is 0. The Bertz CT molecular complexity index is 924. The van der Waals surface area contributed by atoms with E-state index < -0.39 is 10.0 Å². The first-order chi connectivity index (χ1) is 12.7. The normalized spacial score (nSPS) is 18.4. The molecule has 1 aliphatic rings. The number of nitrogens with one attached hydrogen (secondary N) is 1. The summed E-state index contributed by atoms with van der Waals surface area (Å²) in [5.74, 6) is 0.0331. The number of thioether (sulfide) groups is 1. The molecule has 27 heavy (non-hydrogen) atoms. The highest BCUT2D eigenvalue weighted by Crippen LogP contribution is 2.40. The van der Waals surface area contributed by atoms with E-state index in [2.05, 4.69) is 11.6 Å². The lowest BCUT2D eigenvalue weighted by Crippen LogP contribution is -2.37. The average molecular weight is 425 g/mol. The van der Waals surface area contributed by atoms with Crippen molar-refractivity contribution in [3.05, 3.63) is 40.6 Å².